The van der Waals surface area contributed by atoms with Crippen LogP contribution >= 0.6 is 11.6 Å². The van der Waals surface area contributed by atoms with Crippen molar-refractivity contribution >= 4 is 23.4 Å². The predicted octanol–water partition coefficient (Wildman–Crippen LogP) is 4.68. The molecule has 2 aromatic rings. The molecule has 1 saturated carbocycles. The SMILES string of the molecule is O=C1CCCN1CCOc1cccc(C(=O)N2C[C@H]3CC[C@H](Cc4ccccc4Cl)[C@H]3C2)c1. The Hall–Kier alpha value is -2.53. The summed E-state index contributed by atoms with van der Waals surface area (Å²) in [5.74, 6) is 2.68. The molecule has 3 aliphatic rings. The van der Waals surface area contributed by atoms with E-state index in [2.05, 4.69) is 12.1 Å². The molecule has 0 unspecified atom stereocenters. The summed E-state index contributed by atoms with van der Waals surface area (Å²) in [5.41, 5.74) is 1.89. The van der Waals surface area contributed by atoms with E-state index in [1.165, 1.54) is 18.4 Å². The van der Waals surface area contributed by atoms with Gasteiger partial charge in [0.1, 0.15) is 12.4 Å². The maximum absolute atomic E-state index is 13.3. The van der Waals surface area contributed by atoms with E-state index < -0.39 is 0 Å². The van der Waals surface area contributed by atoms with Gasteiger partial charge in [-0.3, -0.25) is 9.59 Å². The van der Waals surface area contributed by atoms with Crippen molar-refractivity contribution < 1.29 is 14.3 Å². The van der Waals surface area contributed by atoms with Crippen molar-refractivity contribution in [1.29, 1.82) is 0 Å². The van der Waals surface area contributed by atoms with Crippen LogP contribution < -0.4 is 4.74 Å². The quantitative estimate of drug-likeness (QED) is 0.595. The molecule has 5 rings (SSSR count). The number of carbonyl (C=O) groups is 2. The number of rotatable bonds is 7. The van der Waals surface area contributed by atoms with Gasteiger partial charge in [0.15, 0.2) is 0 Å². The maximum Gasteiger partial charge on any atom is 0.254 e. The van der Waals surface area contributed by atoms with E-state index in [0.717, 1.165) is 37.5 Å². The summed E-state index contributed by atoms with van der Waals surface area (Å²) in [5, 5.41) is 0.845. The number of fused-ring (bicyclic) bond motifs is 1. The van der Waals surface area contributed by atoms with Crippen molar-refractivity contribution in [2.45, 2.75) is 32.1 Å². The van der Waals surface area contributed by atoms with Crippen LogP contribution in [0.1, 0.15) is 41.6 Å². The van der Waals surface area contributed by atoms with Gasteiger partial charge in [-0.15, -0.1) is 0 Å². The first-order chi connectivity index (χ1) is 16.1. The molecule has 0 N–H and O–H groups in total. The summed E-state index contributed by atoms with van der Waals surface area (Å²) in [4.78, 5) is 28.9. The van der Waals surface area contributed by atoms with Gasteiger partial charge in [0.05, 0.1) is 6.54 Å². The van der Waals surface area contributed by atoms with Gasteiger partial charge < -0.3 is 14.5 Å². The summed E-state index contributed by atoms with van der Waals surface area (Å²) >= 11 is 6.40. The van der Waals surface area contributed by atoms with Crippen molar-refractivity contribution in [3.63, 3.8) is 0 Å². The Morgan fingerprint density at radius 1 is 1.09 bits per heavy atom. The van der Waals surface area contributed by atoms with Gasteiger partial charge in [-0.2, -0.15) is 0 Å². The highest BCUT2D eigenvalue weighted by molar-refractivity contribution is 6.31. The predicted molar refractivity (Wildman–Crippen MR) is 129 cm³/mol. The van der Waals surface area contributed by atoms with Crippen LogP contribution in [-0.2, 0) is 11.2 Å². The lowest BCUT2D eigenvalue weighted by molar-refractivity contribution is -0.128. The van der Waals surface area contributed by atoms with E-state index >= 15 is 0 Å². The van der Waals surface area contributed by atoms with Crippen LogP contribution in [0, 0.1) is 17.8 Å². The molecule has 33 heavy (non-hydrogen) atoms. The number of likely N-dealkylation sites (tertiary alicyclic amines) is 2. The second-order valence-electron chi connectivity index (χ2n) is 9.63. The molecule has 1 aliphatic carbocycles. The van der Waals surface area contributed by atoms with E-state index in [9.17, 15) is 9.59 Å². The molecule has 2 amide bonds. The fourth-order valence-electron chi connectivity index (χ4n) is 5.86. The molecule has 3 fully saturated rings. The van der Waals surface area contributed by atoms with Crippen LogP contribution in [0.25, 0.3) is 0 Å². The van der Waals surface area contributed by atoms with Gasteiger partial charge >= 0.3 is 0 Å². The minimum atomic E-state index is 0.0843. The number of benzene rings is 2. The first-order valence-electron chi connectivity index (χ1n) is 12.1. The lowest BCUT2D eigenvalue weighted by atomic mass is 9.87. The van der Waals surface area contributed by atoms with Gasteiger partial charge in [-0.05, 0) is 73.3 Å². The monoisotopic (exact) mass is 466 g/mol. The maximum atomic E-state index is 13.3. The highest BCUT2D eigenvalue weighted by Crippen LogP contribution is 2.44. The topological polar surface area (TPSA) is 49.9 Å². The molecule has 5 nitrogen and oxygen atoms in total. The minimum Gasteiger partial charge on any atom is -0.492 e. The van der Waals surface area contributed by atoms with Gasteiger partial charge in [-0.25, -0.2) is 0 Å². The molecular formula is C27H31ClN2O3. The molecule has 6 heteroatoms. The Bertz CT molecular complexity index is 1030. The lowest BCUT2D eigenvalue weighted by Gasteiger charge is -2.21. The summed E-state index contributed by atoms with van der Waals surface area (Å²) in [6.45, 7) is 3.52. The third-order valence-electron chi connectivity index (χ3n) is 7.61. The molecule has 0 aromatic heterocycles. The lowest BCUT2D eigenvalue weighted by Crippen LogP contribution is -2.30. The van der Waals surface area contributed by atoms with Gasteiger partial charge in [0.25, 0.3) is 5.91 Å². The number of ether oxygens (including phenoxy) is 1. The number of halogens is 1. The molecule has 2 aliphatic heterocycles. The Kier molecular flexibility index (Phi) is 6.59. The number of amides is 2. The average Bonchev–Trinajstić information content (AvgIpc) is 3.52. The zero-order chi connectivity index (χ0) is 22.8. The standard InChI is InChI=1S/C27H31ClN2O3/c28-25-8-2-1-5-20(25)15-19-10-11-22-17-30(18-24(19)22)27(32)21-6-3-7-23(16-21)33-14-13-29-12-4-9-26(29)31/h1-3,5-8,16,19,22,24H,4,9-15,17-18H2/t19-,22-,24-/m1/s1. The normalized spacial score (nSPS) is 24.4. The van der Waals surface area contributed by atoms with Crippen molar-refractivity contribution in [3.8, 4) is 5.75 Å². The molecule has 0 spiro atoms. The van der Waals surface area contributed by atoms with Crippen LogP contribution in [0.5, 0.6) is 5.75 Å². The van der Waals surface area contributed by atoms with Crippen molar-refractivity contribution in [3.05, 3.63) is 64.7 Å². The third-order valence-corrected chi connectivity index (χ3v) is 7.98. The van der Waals surface area contributed by atoms with Crippen molar-refractivity contribution in [2.75, 3.05) is 32.8 Å². The first kappa shape index (κ1) is 22.3. The number of hydrogen-bond donors (Lipinski definition) is 0. The van der Waals surface area contributed by atoms with E-state index in [0.29, 0.717) is 48.6 Å². The Morgan fingerprint density at radius 3 is 2.79 bits per heavy atom. The average molecular weight is 467 g/mol. The molecule has 2 aromatic carbocycles. The second-order valence-corrected chi connectivity index (χ2v) is 10.0. The van der Waals surface area contributed by atoms with E-state index in [1.807, 2.05) is 46.2 Å². The van der Waals surface area contributed by atoms with Gasteiger partial charge in [-0.1, -0.05) is 35.9 Å². The highest BCUT2D eigenvalue weighted by Gasteiger charge is 2.44. The fourth-order valence-corrected chi connectivity index (χ4v) is 6.07. The van der Waals surface area contributed by atoms with Crippen LogP contribution in [0.3, 0.4) is 0 Å². The van der Waals surface area contributed by atoms with Gasteiger partial charge in [0.2, 0.25) is 5.91 Å². The molecule has 2 heterocycles. The van der Waals surface area contributed by atoms with Crippen LogP contribution in [0.4, 0.5) is 0 Å². The van der Waals surface area contributed by atoms with Crippen LogP contribution in [0.2, 0.25) is 5.02 Å². The molecule has 0 bridgehead atoms. The molecule has 0 radical (unpaired) electrons. The second kappa shape index (κ2) is 9.76. The number of nitrogens with zero attached hydrogens (tertiary/aromatic N) is 2. The van der Waals surface area contributed by atoms with Crippen LogP contribution in [-0.4, -0.2) is 54.4 Å². The smallest absolute Gasteiger partial charge is 0.254 e. The van der Waals surface area contributed by atoms with Crippen molar-refractivity contribution in [2.24, 2.45) is 17.8 Å². The summed E-state index contributed by atoms with van der Waals surface area (Å²) in [6.07, 6.45) is 4.96. The van der Waals surface area contributed by atoms with Gasteiger partial charge in [0, 0.05) is 36.6 Å². The van der Waals surface area contributed by atoms with E-state index in [-0.39, 0.29) is 11.8 Å². The largest absolute Gasteiger partial charge is 0.492 e. The molecular weight excluding hydrogens is 436 g/mol. The Balaban J connectivity index is 1.18. The summed E-state index contributed by atoms with van der Waals surface area (Å²) in [6, 6.07) is 15.6. The minimum absolute atomic E-state index is 0.0843. The van der Waals surface area contributed by atoms with Crippen molar-refractivity contribution in [1.82, 2.24) is 9.80 Å². The molecule has 174 valence electrons. The number of hydrogen-bond acceptors (Lipinski definition) is 3. The van der Waals surface area contributed by atoms with E-state index in [4.69, 9.17) is 16.3 Å². The Morgan fingerprint density at radius 2 is 1.97 bits per heavy atom. The molecule has 3 atom stereocenters. The fraction of sp³-hybridized carbons (Fsp3) is 0.481. The first-order valence-corrected chi connectivity index (χ1v) is 12.5. The van der Waals surface area contributed by atoms with Crippen LogP contribution in [0.15, 0.2) is 48.5 Å². The third kappa shape index (κ3) is 4.89. The zero-order valence-corrected chi connectivity index (χ0v) is 19.7. The Labute approximate surface area is 200 Å². The number of carbonyl (C=O) groups excluding carboxylic acids is 2. The summed E-state index contributed by atoms with van der Waals surface area (Å²) < 4.78 is 5.86. The van der Waals surface area contributed by atoms with E-state index in [1.54, 1.807) is 0 Å². The summed E-state index contributed by atoms with van der Waals surface area (Å²) in [7, 11) is 0. The molecule has 2 saturated heterocycles. The highest BCUT2D eigenvalue weighted by atomic mass is 35.5. The zero-order valence-electron chi connectivity index (χ0n) is 18.9.